The van der Waals surface area contributed by atoms with Crippen LogP contribution in [0.15, 0.2) is 48.5 Å². The number of hydrogen-bond acceptors (Lipinski definition) is 8. The number of benzene rings is 2. The Labute approximate surface area is 247 Å². The Bertz CT molecular complexity index is 1750. The Morgan fingerprint density at radius 3 is 2.67 bits per heavy atom. The van der Waals surface area contributed by atoms with Gasteiger partial charge in [0.25, 0.3) is 0 Å². The number of halogens is 1. The van der Waals surface area contributed by atoms with Gasteiger partial charge >= 0.3 is 5.97 Å². The number of imidazole rings is 1. The molecule has 4 atom stereocenters. The number of piperidine rings is 1. The van der Waals surface area contributed by atoms with Gasteiger partial charge in [-0.25, -0.2) is 19.2 Å². The predicted octanol–water partition coefficient (Wildman–Crippen LogP) is 4.36. The fourth-order valence-electron chi connectivity index (χ4n) is 6.44. The highest BCUT2D eigenvalue weighted by Gasteiger charge is 2.57. The lowest BCUT2D eigenvalue weighted by Crippen LogP contribution is -2.33. The molecule has 4 aromatic rings. The van der Waals surface area contributed by atoms with E-state index in [0.29, 0.717) is 53.6 Å². The number of carbonyl (C=O) groups is 1. The van der Waals surface area contributed by atoms with Crippen molar-refractivity contribution in [1.29, 1.82) is 5.26 Å². The lowest BCUT2D eigenvalue weighted by atomic mass is 10.1. The minimum absolute atomic E-state index is 0.0327. The average molecular weight is 584 g/mol. The lowest BCUT2D eigenvalue weighted by molar-refractivity contribution is -0.0591. The number of hydrogen-bond donors (Lipinski definition) is 1. The van der Waals surface area contributed by atoms with Crippen molar-refractivity contribution >= 4 is 17.0 Å². The van der Waals surface area contributed by atoms with Crippen LogP contribution in [0, 0.1) is 29.0 Å². The maximum atomic E-state index is 14.3. The third-order valence-electron chi connectivity index (χ3n) is 8.82. The Kier molecular flexibility index (Phi) is 6.95. The zero-order valence-electron chi connectivity index (χ0n) is 23.6. The van der Waals surface area contributed by atoms with E-state index in [1.807, 2.05) is 18.2 Å². The van der Waals surface area contributed by atoms with Crippen LogP contribution < -0.4 is 9.47 Å². The molecular formula is C32H30FN5O5. The molecule has 0 bridgehead atoms. The molecule has 2 saturated heterocycles. The molecule has 7 rings (SSSR count). The Morgan fingerprint density at radius 2 is 2.00 bits per heavy atom. The van der Waals surface area contributed by atoms with Crippen molar-refractivity contribution in [3.05, 3.63) is 82.6 Å². The van der Waals surface area contributed by atoms with Gasteiger partial charge in [0.1, 0.15) is 29.5 Å². The summed E-state index contributed by atoms with van der Waals surface area (Å²) in [6, 6.07) is 15.2. The van der Waals surface area contributed by atoms with Crippen LogP contribution in [0.1, 0.15) is 45.3 Å². The van der Waals surface area contributed by atoms with Gasteiger partial charge in [0, 0.05) is 42.9 Å². The Morgan fingerprint density at radius 1 is 1.19 bits per heavy atom. The second-order valence-electron chi connectivity index (χ2n) is 11.4. The summed E-state index contributed by atoms with van der Waals surface area (Å²) >= 11 is 0. The average Bonchev–Trinajstić information content (AvgIpc) is 3.30. The number of aromatic carboxylic acids is 1. The first kappa shape index (κ1) is 27.3. The summed E-state index contributed by atoms with van der Waals surface area (Å²) in [4.78, 5) is 23.8. The summed E-state index contributed by atoms with van der Waals surface area (Å²) in [5.74, 6) is 1.57. The summed E-state index contributed by atoms with van der Waals surface area (Å²) in [7, 11) is 1.53. The van der Waals surface area contributed by atoms with Crippen molar-refractivity contribution in [3.63, 3.8) is 0 Å². The van der Waals surface area contributed by atoms with Gasteiger partial charge in [-0.05, 0) is 48.6 Å². The van der Waals surface area contributed by atoms with Gasteiger partial charge in [-0.1, -0.05) is 12.1 Å². The van der Waals surface area contributed by atoms with E-state index in [1.54, 1.807) is 24.3 Å². The van der Waals surface area contributed by atoms with Gasteiger partial charge in [-0.3, -0.25) is 4.90 Å². The first-order valence-electron chi connectivity index (χ1n) is 14.3. The molecule has 2 unspecified atom stereocenters. The fourth-order valence-corrected chi connectivity index (χ4v) is 6.44. The van der Waals surface area contributed by atoms with Crippen LogP contribution in [-0.4, -0.2) is 63.4 Å². The normalized spacial score (nSPS) is 22.5. The zero-order valence-corrected chi connectivity index (χ0v) is 23.6. The fraction of sp³-hybridized carbons (Fsp3) is 0.375. The van der Waals surface area contributed by atoms with Gasteiger partial charge < -0.3 is 23.9 Å². The van der Waals surface area contributed by atoms with E-state index in [2.05, 4.69) is 9.47 Å². The van der Waals surface area contributed by atoms with E-state index in [4.69, 9.17) is 29.4 Å². The number of nitriles is 1. The van der Waals surface area contributed by atoms with Crippen LogP contribution >= 0.6 is 0 Å². The molecule has 1 N–H and O–H groups in total. The lowest BCUT2D eigenvalue weighted by Gasteiger charge is -2.28. The van der Waals surface area contributed by atoms with Crippen molar-refractivity contribution in [3.8, 4) is 17.7 Å². The second-order valence-corrected chi connectivity index (χ2v) is 11.4. The molecule has 2 aromatic heterocycles. The molecule has 3 fully saturated rings. The molecule has 3 aliphatic rings. The number of fused-ring (bicyclic) bond motifs is 2. The number of carboxylic acid groups (broad SMARTS) is 1. The van der Waals surface area contributed by atoms with Crippen molar-refractivity contribution in [1.82, 2.24) is 19.4 Å². The molecule has 0 spiro atoms. The Balaban J connectivity index is 1.04. The highest BCUT2D eigenvalue weighted by Crippen LogP contribution is 2.58. The number of methoxy groups -OCH3 is 1. The summed E-state index contributed by atoms with van der Waals surface area (Å²) in [6.07, 6.45) is 1.05. The maximum absolute atomic E-state index is 14.3. The van der Waals surface area contributed by atoms with E-state index in [9.17, 15) is 14.3 Å². The molecule has 0 radical (unpaired) electrons. The number of aromatic nitrogens is 3. The largest absolute Gasteiger partial charge is 0.494 e. The predicted molar refractivity (Wildman–Crippen MR) is 152 cm³/mol. The summed E-state index contributed by atoms with van der Waals surface area (Å²) in [5.41, 5.74) is 3.19. The first-order valence-corrected chi connectivity index (χ1v) is 14.3. The van der Waals surface area contributed by atoms with E-state index >= 15 is 0 Å². The van der Waals surface area contributed by atoms with Crippen LogP contribution in [0.3, 0.4) is 0 Å². The quantitative estimate of drug-likeness (QED) is 0.290. The van der Waals surface area contributed by atoms with Crippen molar-refractivity contribution in [2.24, 2.45) is 11.8 Å². The molecule has 11 heteroatoms. The third-order valence-corrected chi connectivity index (χ3v) is 8.82. The smallest absolute Gasteiger partial charge is 0.335 e. The first-order chi connectivity index (χ1) is 20.9. The molecule has 4 heterocycles. The minimum Gasteiger partial charge on any atom is -0.494 e. The number of rotatable bonds is 10. The molecule has 10 nitrogen and oxygen atoms in total. The topological polar surface area (TPSA) is 123 Å². The number of ether oxygens (including phenoxy) is 3. The summed E-state index contributed by atoms with van der Waals surface area (Å²) in [6.45, 7) is 3.83. The van der Waals surface area contributed by atoms with E-state index in [1.165, 1.54) is 19.2 Å². The van der Waals surface area contributed by atoms with Crippen molar-refractivity contribution < 1.29 is 28.5 Å². The molecule has 1 saturated carbocycles. The molecule has 2 aliphatic heterocycles. The van der Waals surface area contributed by atoms with Gasteiger partial charge in [0.2, 0.25) is 5.88 Å². The van der Waals surface area contributed by atoms with Gasteiger partial charge in [0.05, 0.1) is 49.0 Å². The van der Waals surface area contributed by atoms with E-state index in [-0.39, 0.29) is 23.8 Å². The van der Waals surface area contributed by atoms with Gasteiger partial charge in [-0.2, -0.15) is 5.26 Å². The van der Waals surface area contributed by atoms with E-state index in [0.717, 1.165) is 43.2 Å². The summed E-state index contributed by atoms with van der Waals surface area (Å²) < 4.78 is 33.4. The maximum Gasteiger partial charge on any atom is 0.335 e. The van der Waals surface area contributed by atoms with Crippen LogP contribution in [-0.2, 0) is 24.4 Å². The van der Waals surface area contributed by atoms with Crippen LogP contribution in [0.2, 0.25) is 0 Å². The standard InChI is InChI=1S/C32H30FN5O5/c1-41-27-11-20(32(39)40)10-26-31(27)36-28(38(26)13-21-7-8-42-21)16-37-14-22-23(15-37)30(22)25-3-2-4-29(35-25)43-17-19-6-5-18(12-34)9-24(19)33/h2-6,9-11,21-23,30H,7-8,13-17H2,1H3,(H,39,40)/t21?,22-,23+,30?. The van der Waals surface area contributed by atoms with Crippen LogP contribution in [0.5, 0.6) is 11.6 Å². The van der Waals surface area contributed by atoms with Crippen molar-refractivity contribution in [2.45, 2.75) is 38.1 Å². The second kappa shape index (κ2) is 10.9. The molecule has 2 aromatic carbocycles. The third kappa shape index (κ3) is 5.17. The molecular weight excluding hydrogens is 553 g/mol. The highest BCUT2D eigenvalue weighted by molar-refractivity contribution is 5.95. The molecule has 0 amide bonds. The van der Waals surface area contributed by atoms with Crippen LogP contribution in [0.25, 0.3) is 11.0 Å². The Hall–Kier alpha value is -4.53. The molecule has 220 valence electrons. The van der Waals surface area contributed by atoms with E-state index < -0.39 is 11.8 Å². The number of likely N-dealkylation sites (tertiary alicyclic amines) is 1. The number of nitrogens with zero attached hydrogens (tertiary/aromatic N) is 5. The number of pyridine rings is 1. The number of carboxylic acids is 1. The minimum atomic E-state index is -1.01. The zero-order chi connectivity index (χ0) is 29.7. The molecule has 43 heavy (non-hydrogen) atoms. The van der Waals surface area contributed by atoms with Gasteiger partial charge in [-0.15, -0.1) is 0 Å². The van der Waals surface area contributed by atoms with Crippen LogP contribution in [0.4, 0.5) is 4.39 Å². The highest BCUT2D eigenvalue weighted by atomic mass is 19.1. The monoisotopic (exact) mass is 583 g/mol. The van der Waals surface area contributed by atoms with Gasteiger partial charge in [0.15, 0.2) is 0 Å². The SMILES string of the molecule is COc1cc(C(=O)O)cc2c1nc(CN1C[C@@H]3C(c4cccc(OCc5ccc(C#N)cc5F)n4)[C@@H]3C1)n2CC1CCO1. The summed E-state index contributed by atoms with van der Waals surface area (Å²) in [5, 5.41) is 18.6. The van der Waals surface area contributed by atoms with Crippen molar-refractivity contribution in [2.75, 3.05) is 26.8 Å². The molecule has 1 aliphatic carbocycles.